The van der Waals surface area contributed by atoms with E-state index in [4.69, 9.17) is 12.2 Å². The zero-order valence-corrected chi connectivity index (χ0v) is 18.2. The van der Waals surface area contributed by atoms with Crippen LogP contribution in [0.4, 0.5) is 18.9 Å². The van der Waals surface area contributed by atoms with Crippen LogP contribution in [0.1, 0.15) is 5.56 Å². The smallest absolute Gasteiger partial charge is 0.404 e. The molecule has 1 amide bonds. The van der Waals surface area contributed by atoms with Crippen LogP contribution in [0, 0.1) is 0 Å². The summed E-state index contributed by atoms with van der Waals surface area (Å²) in [6.45, 7) is 4.15. The van der Waals surface area contributed by atoms with Gasteiger partial charge in [-0.05, 0) is 17.7 Å². The molecule has 2 aromatic rings. The van der Waals surface area contributed by atoms with Crippen molar-refractivity contribution in [2.45, 2.75) is 12.9 Å². The molecule has 2 aromatic carbocycles. The van der Waals surface area contributed by atoms with Crippen LogP contribution in [-0.4, -0.2) is 58.3 Å². The maximum absolute atomic E-state index is 12.5. The average Bonchev–Trinajstić information content (AvgIpc) is 2.74. The molecular weight excluding hydrogens is 447 g/mol. The molecule has 1 heterocycles. The molecule has 3 rings (SSSR count). The van der Waals surface area contributed by atoms with Crippen molar-refractivity contribution in [3.8, 4) is 5.75 Å². The number of amides is 1. The standard InChI is InChI=1S/C21H22F3N3O2S2/c22-21(23,24)29-18-9-5-4-8-17(18)25-19(28)15-31-20(30)27-12-10-26(11-13-27)14-16-6-2-1-3-7-16/h1-9H,10-15H2,(H,25,28). The van der Waals surface area contributed by atoms with E-state index in [1.54, 1.807) is 0 Å². The molecule has 31 heavy (non-hydrogen) atoms. The number of thioether (sulfide) groups is 1. The van der Waals surface area contributed by atoms with Gasteiger partial charge in [-0.15, -0.1) is 13.2 Å². The van der Waals surface area contributed by atoms with Crippen molar-refractivity contribution in [3.05, 3.63) is 60.2 Å². The molecule has 10 heteroatoms. The Morgan fingerprint density at radius 3 is 2.35 bits per heavy atom. The van der Waals surface area contributed by atoms with Gasteiger partial charge in [0.05, 0.1) is 11.4 Å². The molecule has 0 aromatic heterocycles. The Kier molecular flexibility index (Phi) is 8.16. The SMILES string of the molecule is O=C(CSC(=S)N1CCN(Cc2ccccc2)CC1)Nc1ccccc1OC(F)(F)F. The van der Waals surface area contributed by atoms with Gasteiger partial charge in [0, 0.05) is 32.7 Å². The number of carbonyl (C=O) groups is 1. The highest BCUT2D eigenvalue weighted by molar-refractivity contribution is 8.23. The molecule has 0 atom stereocenters. The Labute approximate surface area is 188 Å². The molecule has 1 N–H and O–H groups in total. The number of piperazine rings is 1. The van der Waals surface area contributed by atoms with Crippen molar-refractivity contribution in [1.29, 1.82) is 0 Å². The molecule has 166 valence electrons. The van der Waals surface area contributed by atoms with E-state index in [2.05, 4.69) is 32.0 Å². The number of nitrogens with zero attached hydrogens (tertiary/aromatic N) is 2. The maximum Gasteiger partial charge on any atom is 0.573 e. The van der Waals surface area contributed by atoms with E-state index in [-0.39, 0.29) is 11.4 Å². The molecule has 1 aliphatic heterocycles. The number of hydrogen-bond donors (Lipinski definition) is 1. The number of thiocarbonyl (C=S) groups is 1. The molecule has 0 spiro atoms. The van der Waals surface area contributed by atoms with Gasteiger partial charge in [-0.3, -0.25) is 9.69 Å². The van der Waals surface area contributed by atoms with Crippen molar-refractivity contribution >= 4 is 39.9 Å². The first kappa shape index (κ1) is 23.4. The van der Waals surface area contributed by atoms with Gasteiger partial charge in [0.15, 0.2) is 5.75 Å². The van der Waals surface area contributed by atoms with E-state index in [0.29, 0.717) is 4.32 Å². The van der Waals surface area contributed by atoms with E-state index in [1.165, 1.54) is 35.5 Å². The van der Waals surface area contributed by atoms with Crippen molar-refractivity contribution in [1.82, 2.24) is 9.80 Å². The van der Waals surface area contributed by atoms with Crippen molar-refractivity contribution in [2.24, 2.45) is 0 Å². The highest BCUT2D eigenvalue weighted by Gasteiger charge is 2.32. The van der Waals surface area contributed by atoms with Gasteiger partial charge < -0.3 is 15.0 Å². The average molecular weight is 470 g/mol. The molecule has 0 unspecified atom stereocenters. The van der Waals surface area contributed by atoms with Crippen LogP contribution in [0.15, 0.2) is 54.6 Å². The summed E-state index contributed by atoms with van der Waals surface area (Å²) in [5, 5.41) is 2.45. The third kappa shape index (κ3) is 7.71. The summed E-state index contributed by atoms with van der Waals surface area (Å²) in [7, 11) is 0. The Bertz CT molecular complexity index is 889. The number of anilines is 1. The lowest BCUT2D eigenvalue weighted by Crippen LogP contribution is -2.47. The summed E-state index contributed by atoms with van der Waals surface area (Å²) >= 11 is 6.64. The summed E-state index contributed by atoms with van der Waals surface area (Å²) in [4.78, 5) is 16.6. The second-order valence-corrected chi connectivity index (χ2v) is 8.50. The van der Waals surface area contributed by atoms with Gasteiger partial charge in [-0.1, -0.05) is 66.4 Å². The third-order valence-corrected chi connectivity index (χ3v) is 6.12. The van der Waals surface area contributed by atoms with Crippen molar-refractivity contribution in [3.63, 3.8) is 0 Å². The molecule has 1 aliphatic rings. The Hall–Kier alpha value is -2.30. The molecular formula is C21H22F3N3O2S2. The summed E-state index contributed by atoms with van der Waals surface area (Å²) in [5.41, 5.74) is 1.23. The number of nitrogens with one attached hydrogen (secondary N) is 1. The van der Waals surface area contributed by atoms with Gasteiger partial charge in [-0.2, -0.15) is 0 Å². The molecule has 0 aliphatic carbocycles. The molecule has 5 nitrogen and oxygen atoms in total. The Morgan fingerprint density at radius 2 is 1.68 bits per heavy atom. The van der Waals surface area contributed by atoms with Crippen molar-refractivity contribution < 1.29 is 22.7 Å². The largest absolute Gasteiger partial charge is 0.573 e. The predicted octanol–water partition coefficient (Wildman–Crippen LogP) is 4.36. The number of rotatable bonds is 6. The second-order valence-electron chi connectivity index (χ2n) is 6.90. The fourth-order valence-corrected chi connectivity index (χ4v) is 4.17. The highest BCUT2D eigenvalue weighted by atomic mass is 32.2. The van der Waals surface area contributed by atoms with Gasteiger partial charge in [-0.25, -0.2) is 0 Å². The van der Waals surface area contributed by atoms with E-state index in [9.17, 15) is 18.0 Å². The first-order valence-corrected chi connectivity index (χ1v) is 11.0. The summed E-state index contributed by atoms with van der Waals surface area (Å²) < 4.78 is 42.1. The number of alkyl halides is 3. The Morgan fingerprint density at radius 1 is 1.03 bits per heavy atom. The van der Waals surface area contributed by atoms with Crippen LogP contribution in [0.5, 0.6) is 5.75 Å². The molecule has 1 saturated heterocycles. The van der Waals surface area contributed by atoms with E-state index in [0.717, 1.165) is 38.8 Å². The fourth-order valence-electron chi connectivity index (χ4n) is 3.12. The molecule has 1 fully saturated rings. The number of para-hydroxylation sites is 2. The number of carbonyl (C=O) groups excluding carboxylic acids is 1. The number of hydrogen-bond acceptors (Lipinski definition) is 5. The number of halogens is 3. The van der Waals surface area contributed by atoms with Gasteiger partial charge in [0.1, 0.15) is 4.32 Å². The van der Waals surface area contributed by atoms with Crippen LogP contribution in [0.3, 0.4) is 0 Å². The minimum atomic E-state index is -4.83. The number of benzene rings is 2. The van der Waals surface area contributed by atoms with Crippen molar-refractivity contribution in [2.75, 3.05) is 37.2 Å². The Balaban J connectivity index is 1.43. The van der Waals surface area contributed by atoms with Crippen LogP contribution < -0.4 is 10.1 Å². The second kappa shape index (κ2) is 10.8. The van der Waals surface area contributed by atoms with Crippen LogP contribution >= 0.6 is 24.0 Å². The monoisotopic (exact) mass is 469 g/mol. The maximum atomic E-state index is 12.5. The van der Waals surface area contributed by atoms with Gasteiger partial charge >= 0.3 is 6.36 Å². The first-order chi connectivity index (χ1) is 14.8. The first-order valence-electron chi connectivity index (χ1n) is 9.63. The quantitative estimate of drug-likeness (QED) is 0.635. The minimum absolute atomic E-state index is 0.00339. The fraction of sp³-hybridized carbons (Fsp3) is 0.333. The zero-order chi connectivity index (χ0) is 22.3. The zero-order valence-electron chi connectivity index (χ0n) is 16.6. The lowest BCUT2D eigenvalue weighted by Gasteiger charge is -2.35. The topological polar surface area (TPSA) is 44.8 Å². The van der Waals surface area contributed by atoms with Crippen LogP contribution in [0.2, 0.25) is 0 Å². The van der Waals surface area contributed by atoms with Gasteiger partial charge in [0.25, 0.3) is 0 Å². The van der Waals surface area contributed by atoms with Crippen LogP contribution in [-0.2, 0) is 11.3 Å². The normalized spacial score (nSPS) is 14.9. The molecule has 0 bridgehead atoms. The number of ether oxygens (including phenoxy) is 1. The van der Waals surface area contributed by atoms with E-state index >= 15 is 0 Å². The lowest BCUT2D eigenvalue weighted by molar-refractivity contribution is -0.274. The van der Waals surface area contributed by atoms with Crippen LogP contribution in [0.25, 0.3) is 0 Å². The lowest BCUT2D eigenvalue weighted by atomic mass is 10.2. The predicted molar refractivity (Wildman–Crippen MR) is 120 cm³/mol. The van der Waals surface area contributed by atoms with E-state index in [1.807, 2.05) is 18.2 Å². The third-order valence-electron chi connectivity index (χ3n) is 4.59. The minimum Gasteiger partial charge on any atom is -0.404 e. The van der Waals surface area contributed by atoms with Gasteiger partial charge in [0.2, 0.25) is 5.91 Å². The molecule has 0 saturated carbocycles. The molecule has 0 radical (unpaired) electrons. The summed E-state index contributed by atoms with van der Waals surface area (Å²) in [6, 6.07) is 15.7. The van der Waals surface area contributed by atoms with E-state index < -0.39 is 18.0 Å². The highest BCUT2D eigenvalue weighted by Crippen LogP contribution is 2.30. The summed E-state index contributed by atoms with van der Waals surface area (Å²) in [6.07, 6.45) is -4.83. The summed E-state index contributed by atoms with van der Waals surface area (Å²) in [5.74, 6) is -0.901.